The second-order valence-corrected chi connectivity index (χ2v) is 5.57. The molecule has 0 radical (unpaired) electrons. The van der Waals surface area contributed by atoms with Crippen LogP contribution in [0.5, 0.6) is 0 Å². The van der Waals surface area contributed by atoms with Crippen LogP contribution in [0.4, 0.5) is 17.3 Å². The summed E-state index contributed by atoms with van der Waals surface area (Å²) >= 11 is 5.74. The summed E-state index contributed by atoms with van der Waals surface area (Å²) in [6.45, 7) is 1.81. The molecule has 88 valence electrons. The fourth-order valence-corrected chi connectivity index (χ4v) is 2.22. The fraction of sp³-hybridized carbons (Fsp3) is 0.0909. The lowest BCUT2D eigenvalue weighted by Gasteiger charge is -2.09. The van der Waals surface area contributed by atoms with Gasteiger partial charge in [0.1, 0.15) is 17.5 Å². The molecule has 0 fully saturated rings. The predicted octanol–water partition coefficient (Wildman–Crippen LogP) is 3.48. The number of rotatable bonds is 2. The molecule has 4 nitrogen and oxygen atoms in total. The maximum Gasteiger partial charge on any atom is 0.136 e. The molecule has 17 heavy (non-hydrogen) atoms. The van der Waals surface area contributed by atoms with Crippen molar-refractivity contribution in [1.82, 2.24) is 9.97 Å². The highest BCUT2D eigenvalue weighted by Crippen LogP contribution is 2.27. The number of aryl methyl sites for hydroxylation is 1. The molecule has 0 atom stereocenters. The summed E-state index contributed by atoms with van der Waals surface area (Å²) in [6, 6.07) is 7.74. The molecular weight excluding hydrogens is 395 g/mol. The maximum absolute atomic E-state index is 5.68. The van der Waals surface area contributed by atoms with Crippen LogP contribution in [-0.4, -0.2) is 9.97 Å². The number of anilines is 3. The second-order valence-electron chi connectivity index (χ2n) is 3.47. The molecule has 0 saturated heterocycles. The monoisotopic (exact) mass is 404 g/mol. The van der Waals surface area contributed by atoms with Gasteiger partial charge in [-0.3, -0.25) is 0 Å². The summed E-state index contributed by atoms with van der Waals surface area (Å²) in [6.07, 6.45) is 0. The minimum Gasteiger partial charge on any atom is -0.384 e. The largest absolute Gasteiger partial charge is 0.384 e. The summed E-state index contributed by atoms with van der Waals surface area (Å²) in [5.74, 6) is 1.80. The van der Waals surface area contributed by atoms with E-state index in [1.807, 2.05) is 25.1 Å². The average molecular weight is 405 g/mol. The van der Waals surface area contributed by atoms with Crippen molar-refractivity contribution >= 4 is 55.8 Å². The van der Waals surface area contributed by atoms with Gasteiger partial charge in [0.25, 0.3) is 0 Å². The van der Waals surface area contributed by atoms with Gasteiger partial charge in [-0.05, 0) is 63.6 Å². The van der Waals surface area contributed by atoms with Crippen LogP contribution in [0.1, 0.15) is 5.82 Å². The van der Waals surface area contributed by atoms with E-state index in [0.29, 0.717) is 17.5 Å². The van der Waals surface area contributed by atoms with Crippen molar-refractivity contribution in [3.63, 3.8) is 0 Å². The quantitative estimate of drug-likeness (QED) is 0.752. The number of nitrogens with two attached hydrogens (primary N) is 1. The van der Waals surface area contributed by atoms with Crippen LogP contribution in [0.2, 0.25) is 0 Å². The number of halogens is 2. The lowest BCUT2D eigenvalue weighted by Crippen LogP contribution is -2.01. The first-order valence-electron chi connectivity index (χ1n) is 4.88. The van der Waals surface area contributed by atoms with E-state index in [1.165, 1.54) is 0 Å². The van der Waals surface area contributed by atoms with Crippen LogP contribution in [0.15, 0.2) is 28.7 Å². The van der Waals surface area contributed by atoms with Crippen LogP contribution in [0.3, 0.4) is 0 Å². The number of nitrogen functional groups attached to an aromatic ring is 1. The third kappa shape index (κ3) is 3.29. The van der Waals surface area contributed by atoms with E-state index in [1.54, 1.807) is 6.07 Å². The van der Waals surface area contributed by atoms with Crippen molar-refractivity contribution in [2.24, 2.45) is 0 Å². The minimum atomic E-state index is 0.460. The normalized spacial score (nSPS) is 10.3. The third-order valence-electron chi connectivity index (χ3n) is 2.05. The van der Waals surface area contributed by atoms with Gasteiger partial charge < -0.3 is 11.1 Å². The zero-order valence-corrected chi connectivity index (χ0v) is 12.8. The number of nitrogens with zero attached hydrogens (tertiary/aromatic N) is 2. The maximum atomic E-state index is 5.68. The highest BCUT2D eigenvalue weighted by Gasteiger charge is 2.04. The van der Waals surface area contributed by atoms with E-state index in [2.05, 4.69) is 53.8 Å². The molecule has 0 unspecified atom stereocenters. The van der Waals surface area contributed by atoms with E-state index >= 15 is 0 Å². The lowest BCUT2D eigenvalue weighted by molar-refractivity contribution is 1.06. The van der Waals surface area contributed by atoms with Crippen molar-refractivity contribution in [2.75, 3.05) is 11.1 Å². The van der Waals surface area contributed by atoms with Crippen molar-refractivity contribution in [1.29, 1.82) is 0 Å². The Labute approximate surface area is 121 Å². The number of nitrogens with one attached hydrogen (secondary N) is 1. The Morgan fingerprint density at radius 1 is 1.29 bits per heavy atom. The first kappa shape index (κ1) is 12.6. The standard InChI is InChI=1S/C11H10BrIN4/c1-6-15-10(14)5-11(16-6)17-9-4-7(13)2-3-8(9)12/h2-5H,1H3,(H3,14,15,16,17). The van der Waals surface area contributed by atoms with Gasteiger partial charge in [0.15, 0.2) is 0 Å². The lowest BCUT2D eigenvalue weighted by atomic mass is 10.3. The highest BCUT2D eigenvalue weighted by molar-refractivity contribution is 14.1. The van der Waals surface area contributed by atoms with Gasteiger partial charge in [0.2, 0.25) is 0 Å². The number of aromatic nitrogens is 2. The molecule has 0 aliphatic rings. The zero-order chi connectivity index (χ0) is 12.4. The average Bonchev–Trinajstić information content (AvgIpc) is 2.22. The van der Waals surface area contributed by atoms with Crippen LogP contribution < -0.4 is 11.1 Å². The van der Waals surface area contributed by atoms with Gasteiger partial charge >= 0.3 is 0 Å². The smallest absolute Gasteiger partial charge is 0.136 e. The molecule has 0 aliphatic heterocycles. The zero-order valence-electron chi connectivity index (χ0n) is 9.04. The van der Waals surface area contributed by atoms with E-state index in [-0.39, 0.29) is 0 Å². The van der Waals surface area contributed by atoms with Crippen LogP contribution in [0, 0.1) is 10.5 Å². The molecule has 0 bridgehead atoms. The summed E-state index contributed by atoms with van der Waals surface area (Å²) < 4.78 is 2.12. The van der Waals surface area contributed by atoms with Gasteiger partial charge in [-0.15, -0.1) is 0 Å². The Balaban J connectivity index is 2.34. The summed E-state index contributed by atoms with van der Waals surface area (Å²) in [7, 11) is 0. The summed E-state index contributed by atoms with van der Waals surface area (Å²) in [4.78, 5) is 8.30. The molecule has 0 saturated carbocycles. The van der Waals surface area contributed by atoms with Crippen molar-refractivity contribution < 1.29 is 0 Å². The Kier molecular flexibility index (Phi) is 3.82. The van der Waals surface area contributed by atoms with E-state index in [4.69, 9.17) is 5.73 Å². The molecule has 1 heterocycles. The highest BCUT2D eigenvalue weighted by atomic mass is 127. The second kappa shape index (κ2) is 5.18. The molecule has 0 spiro atoms. The third-order valence-corrected chi connectivity index (χ3v) is 3.41. The molecular formula is C11H10BrIN4. The van der Waals surface area contributed by atoms with E-state index in [9.17, 15) is 0 Å². The Morgan fingerprint density at radius 3 is 2.76 bits per heavy atom. The van der Waals surface area contributed by atoms with Gasteiger partial charge in [-0.25, -0.2) is 9.97 Å². The first-order chi connectivity index (χ1) is 8.04. The number of hydrogen-bond donors (Lipinski definition) is 2. The predicted molar refractivity (Wildman–Crippen MR) is 81.3 cm³/mol. The van der Waals surface area contributed by atoms with Crippen LogP contribution in [-0.2, 0) is 0 Å². The summed E-state index contributed by atoms with van der Waals surface area (Å²) in [5, 5.41) is 3.21. The van der Waals surface area contributed by atoms with Crippen LogP contribution in [0.25, 0.3) is 0 Å². The Hall–Kier alpha value is -0.890. The van der Waals surface area contributed by atoms with Crippen molar-refractivity contribution in [2.45, 2.75) is 6.92 Å². The van der Waals surface area contributed by atoms with E-state index in [0.717, 1.165) is 13.7 Å². The SMILES string of the molecule is Cc1nc(N)cc(Nc2cc(I)ccc2Br)n1. The first-order valence-corrected chi connectivity index (χ1v) is 6.75. The van der Waals surface area contributed by atoms with Crippen LogP contribution >= 0.6 is 38.5 Å². The molecule has 2 rings (SSSR count). The minimum absolute atomic E-state index is 0.460. The summed E-state index contributed by atoms with van der Waals surface area (Å²) in [5.41, 5.74) is 6.63. The fourth-order valence-electron chi connectivity index (χ4n) is 1.39. The molecule has 0 amide bonds. The molecule has 1 aromatic heterocycles. The topological polar surface area (TPSA) is 63.8 Å². The molecule has 3 N–H and O–H groups in total. The van der Waals surface area contributed by atoms with Gasteiger partial charge in [-0.1, -0.05) is 0 Å². The number of hydrogen-bond acceptors (Lipinski definition) is 4. The van der Waals surface area contributed by atoms with Gasteiger partial charge in [0.05, 0.1) is 5.69 Å². The van der Waals surface area contributed by atoms with Gasteiger partial charge in [0, 0.05) is 14.1 Å². The van der Waals surface area contributed by atoms with E-state index < -0.39 is 0 Å². The van der Waals surface area contributed by atoms with Crippen molar-refractivity contribution in [3.05, 3.63) is 38.1 Å². The molecule has 2 aromatic rings. The molecule has 1 aromatic carbocycles. The number of benzene rings is 1. The van der Waals surface area contributed by atoms with Crippen molar-refractivity contribution in [3.8, 4) is 0 Å². The Morgan fingerprint density at radius 2 is 2.06 bits per heavy atom. The Bertz CT molecular complexity index is 539. The molecule has 0 aliphatic carbocycles. The molecule has 6 heteroatoms. The van der Waals surface area contributed by atoms with Gasteiger partial charge in [-0.2, -0.15) is 0 Å².